The van der Waals surface area contributed by atoms with Crippen LogP contribution in [-0.2, 0) is 0 Å². The van der Waals surface area contributed by atoms with Gasteiger partial charge in [-0.15, -0.1) is 0 Å². The first-order valence-corrected chi connectivity index (χ1v) is 12.2. The Balaban J connectivity index is 1.64. The van der Waals surface area contributed by atoms with E-state index in [1.54, 1.807) is 19.3 Å². The molecule has 0 saturated heterocycles. The van der Waals surface area contributed by atoms with E-state index in [1.807, 2.05) is 0 Å². The number of rotatable bonds is 0. The first kappa shape index (κ1) is 15.9. The fraction of sp³-hybridized carbons (Fsp3) is 1.00. The van der Waals surface area contributed by atoms with Crippen LogP contribution in [0.3, 0.4) is 0 Å². The van der Waals surface area contributed by atoms with Crippen molar-refractivity contribution >= 4 is 0 Å². The number of hydrogen-bond donors (Lipinski definition) is 0. The third kappa shape index (κ3) is 0.994. The van der Waals surface area contributed by atoms with Gasteiger partial charge in [-0.3, -0.25) is 0 Å². The van der Waals surface area contributed by atoms with Gasteiger partial charge < -0.3 is 0 Å². The van der Waals surface area contributed by atoms with Gasteiger partial charge in [0.1, 0.15) is 0 Å². The van der Waals surface area contributed by atoms with Gasteiger partial charge in [0.05, 0.1) is 0 Å². The highest BCUT2D eigenvalue weighted by Crippen LogP contribution is 2.99. The quantitative estimate of drug-likeness (QED) is 0.466. The molecule has 0 aliphatic heterocycles. The van der Waals surface area contributed by atoms with Gasteiger partial charge in [0.2, 0.25) is 0 Å². The second kappa shape index (κ2) is 3.87. The van der Waals surface area contributed by atoms with Gasteiger partial charge in [-0.05, 0) is 112 Å². The number of fused-ring (bicyclic) bond motifs is 1. The van der Waals surface area contributed by atoms with Crippen LogP contribution in [0.25, 0.3) is 0 Å². The lowest BCUT2D eigenvalue weighted by Crippen LogP contribution is -2.85. The van der Waals surface area contributed by atoms with Crippen molar-refractivity contribution in [1.82, 2.24) is 0 Å². The lowest BCUT2D eigenvalue weighted by atomic mass is 9.15. The molecule has 7 fully saturated rings. The van der Waals surface area contributed by atoms with Crippen molar-refractivity contribution in [3.05, 3.63) is 0 Å². The van der Waals surface area contributed by atoms with Crippen molar-refractivity contribution in [3.8, 4) is 0 Å². The fourth-order valence-electron chi connectivity index (χ4n) is 13.7. The van der Waals surface area contributed by atoms with Crippen molar-refractivity contribution in [2.24, 2.45) is 86.8 Å². The topological polar surface area (TPSA) is 0 Å². The molecule has 144 valence electrons. The van der Waals surface area contributed by atoms with Gasteiger partial charge in [-0.25, -0.2) is 0 Å². The summed E-state index contributed by atoms with van der Waals surface area (Å²) in [5.74, 6) is 11.3. The molecule has 0 heteroatoms. The predicted octanol–water partition coefficient (Wildman–Crippen LogP) is 6.51. The summed E-state index contributed by atoms with van der Waals surface area (Å²) in [7, 11) is 0. The molecule has 0 heterocycles. The van der Waals surface area contributed by atoms with E-state index in [0.29, 0.717) is 16.2 Å². The highest BCUT2D eigenvalue weighted by molar-refractivity contribution is 5.41. The number of hydrogen-bond acceptors (Lipinski definition) is 0. The monoisotopic (exact) mass is 352 g/mol. The maximum atomic E-state index is 2.88. The zero-order valence-electron chi connectivity index (χ0n) is 18.2. The fourth-order valence-corrected chi connectivity index (χ4v) is 13.7. The summed E-state index contributed by atoms with van der Waals surface area (Å²) in [6.45, 7) is 19.4. The maximum absolute atomic E-state index is 2.88. The minimum atomic E-state index is 0.594. The molecule has 0 amide bonds. The molecule has 0 aromatic heterocycles. The zero-order valence-corrected chi connectivity index (χ0v) is 18.2. The summed E-state index contributed by atoms with van der Waals surface area (Å²) in [6, 6.07) is 0. The average Bonchev–Trinajstić information content (AvgIpc) is 2.68. The van der Waals surface area contributed by atoms with Crippen molar-refractivity contribution < 1.29 is 0 Å². The van der Waals surface area contributed by atoms with E-state index in [0.717, 1.165) is 70.5 Å². The summed E-state index contributed by atoms with van der Waals surface area (Å²) < 4.78 is 0. The molecule has 7 rings (SSSR count). The summed E-state index contributed by atoms with van der Waals surface area (Å²) >= 11 is 0. The van der Waals surface area contributed by atoms with Crippen LogP contribution < -0.4 is 0 Å². The molecule has 26 heavy (non-hydrogen) atoms. The second-order valence-electron chi connectivity index (χ2n) is 13.4. The lowest BCUT2D eigenvalue weighted by molar-refractivity contribution is -0.425. The molecule has 7 aliphatic carbocycles. The van der Waals surface area contributed by atoms with Crippen LogP contribution in [0, 0.1) is 86.8 Å². The van der Waals surface area contributed by atoms with E-state index in [-0.39, 0.29) is 0 Å². The van der Waals surface area contributed by atoms with E-state index in [2.05, 4.69) is 48.5 Å². The highest BCUT2D eigenvalue weighted by atomic mass is 15.0. The predicted molar refractivity (Wildman–Crippen MR) is 106 cm³/mol. The Hall–Kier alpha value is 0. The normalized spacial score (nSPS) is 79.7. The van der Waals surface area contributed by atoms with Crippen LogP contribution in [0.15, 0.2) is 0 Å². The minimum Gasteiger partial charge on any atom is -0.0622 e. The largest absolute Gasteiger partial charge is 0.0622 e. The van der Waals surface area contributed by atoms with Gasteiger partial charge in [-0.1, -0.05) is 48.5 Å². The Kier molecular flexibility index (Phi) is 2.36. The lowest BCUT2D eigenvalue weighted by Gasteiger charge is -2.89. The third-order valence-electron chi connectivity index (χ3n) is 14.7. The molecule has 15 unspecified atom stereocenters. The minimum absolute atomic E-state index is 0.594. The molecule has 0 radical (unpaired) electrons. The van der Waals surface area contributed by atoms with Gasteiger partial charge in [0.25, 0.3) is 0 Å². The third-order valence-corrected chi connectivity index (χ3v) is 14.7. The van der Waals surface area contributed by atoms with Crippen molar-refractivity contribution in [2.45, 2.75) is 74.1 Å². The zero-order chi connectivity index (χ0) is 18.2. The van der Waals surface area contributed by atoms with E-state index < -0.39 is 0 Å². The Labute approximate surface area is 161 Å². The molecule has 0 aromatic rings. The first-order chi connectivity index (χ1) is 12.2. The summed E-state index contributed by atoms with van der Waals surface area (Å²) in [5, 5.41) is 0. The highest BCUT2D eigenvalue weighted by Gasteiger charge is 2.94. The molecule has 7 aliphatic rings. The van der Waals surface area contributed by atoms with E-state index in [9.17, 15) is 0 Å². The van der Waals surface area contributed by atoms with Crippen LogP contribution in [-0.4, -0.2) is 0 Å². The molecular formula is C26H40. The van der Waals surface area contributed by atoms with Gasteiger partial charge in [0, 0.05) is 0 Å². The molecule has 6 bridgehead atoms. The van der Waals surface area contributed by atoms with Gasteiger partial charge >= 0.3 is 0 Å². The molecule has 15 atom stereocenters. The Morgan fingerprint density at radius 1 is 0.577 bits per heavy atom. The average molecular weight is 353 g/mol. The Morgan fingerprint density at radius 3 is 2.00 bits per heavy atom. The standard InChI is InChI=1S/C26H40/c1-12-8-16-15(4)17-10-21-22(14(12)3)20-11-19-18-9-13(2)23(20,5)24(16,6)25(18,7)26(17,19)21/h12-22H,8-11H2,1-7H3. The summed E-state index contributed by atoms with van der Waals surface area (Å²) in [6.07, 6.45) is 6.36. The Morgan fingerprint density at radius 2 is 1.27 bits per heavy atom. The molecule has 7 saturated carbocycles. The van der Waals surface area contributed by atoms with Crippen LogP contribution in [0.4, 0.5) is 0 Å². The van der Waals surface area contributed by atoms with Gasteiger partial charge in [-0.2, -0.15) is 0 Å². The maximum Gasteiger partial charge on any atom is -0.0142 e. The van der Waals surface area contributed by atoms with Crippen molar-refractivity contribution in [3.63, 3.8) is 0 Å². The molecule has 0 nitrogen and oxygen atoms in total. The van der Waals surface area contributed by atoms with Crippen molar-refractivity contribution in [1.29, 1.82) is 0 Å². The van der Waals surface area contributed by atoms with Crippen LogP contribution in [0.2, 0.25) is 0 Å². The molecule has 0 N–H and O–H groups in total. The van der Waals surface area contributed by atoms with Gasteiger partial charge in [0.15, 0.2) is 0 Å². The summed E-state index contributed by atoms with van der Waals surface area (Å²) in [4.78, 5) is 0. The molecule has 1 spiro atoms. The first-order valence-electron chi connectivity index (χ1n) is 12.2. The van der Waals surface area contributed by atoms with Crippen LogP contribution in [0.5, 0.6) is 0 Å². The second-order valence-corrected chi connectivity index (χ2v) is 13.4. The summed E-state index contributed by atoms with van der Waals surface area (Å²) in [5.41, 5.74) is 2.64. The molecular weight excluding hydrogens is 312 g/mol. The smallest absolute Gasteiger partial charge is 0.0142 e. The molecule has 0 aromatic carbocycles. The van der Waals surface area contributed by atoms with E-state index >= 15 is 0 Å². The van der Waals surface area contributed by atoms with E-state index in [1.165, 1.54) is 6.42 Å². The van der Waals surface area contributed by atoms with Crippen molar-refractivity contribution in [2.75, 3.05) is 0 Å². The van der Waals surface area contributed by atoms with Crippen LogP contribution >= 0.6 is 0 Å². The Bertz CT molecular complexity index is 724. The SMILES string of the molecule is CC1CC2C(C)C3CC4C(C1C)C1CC5C6CC(C)C1(C)C2(C)C6(C)C345. The van der Waals surface area contributed by atoms with Crippen LogP contribution in [0.1, 0.15) is 74.1 Å². The van der Waals surface area contributed by atoms with E-state index in [4.69, 9.17) is 0 Å².